The Labute approximate surface area is 211 Å². The first-order valence-electron chi connectivity index (χ1n) is 13.0. The molecule has 36 heavy (non-hydrogen) atoms. The van der Waals surface area contributed by atoms with Crippen LogP contribution in [0.2, 0.25) is 0 Å². The minimum absolute atomic E-state index is 0.00925. The number of benzene rings is 1. The molecule has 3 spiro atoms. The lowest BCUT2D eigenvalue weighted by Crippen LogP contribution is -2.82. The Kier molecular flexibility index (Phi) is 3.83. The van der Waals surface area contributed by atoms with Gasteiger partial charge < -0.3 is 24.8 Å². The van der Waals surface area contributed by atoms with Crippen LogP contribution < -0.4 is 14.8 Å². The van der Waals surface area contributed by atoms with Crippen LogP contribution in [-0.4, -0.2) is 69.1 Å². The largest absolute Gasteiger partial charge is 0.480 e. The molecule has 4 saturated heterocycles. The van der Waals surface area contributed by atoms with E-state index < -0.39 is 33.1 Å². The molecule has 5 atom stereocenters. The van der Waals surface area contributed by atoms with Gasteiger partial charge in [-0.2, -0.15) is 0 Å². The Morgan fingerprint density at radius 1 is 1.14 bits per heavy atom. The lowest BCUT2D eigenvalue weighted by atomic mass is 9.55. The Morgan fingerprint density at radius 2 is 1.89 bits per heavy atom. The van der Waals surface area contributed by atoms with Crippen molar-refractivity contribution in [3.63, 3.8) is 0 Å². The fourth-order valence-corrected chi connectivity index (χ4v) is 9.04. The lowest BCUT2D eigenvalue weighted by molar-refractivity contribution is -0.206. The Morgan fingerprint density at radius 3 is 2.64 bits per heavy atom. The highest BCUT2D eigenvalue weighted by Gasteiger charge is 2.82. The number of anilines is 1. The van der Waals surface area contributed by atoms with Crippen molar-refractivity contribution in [2.24, 2.45) is 11.3 Å². The molecule has 6 aliphatic heterocycles. The average molecular weight is 494 g/mol. The van der Waals surface area contributed by atoms with Crippen molar-refractivity contribution in [2.45, 2.75) is 81.6 Å². The minimum Gasteiger partial charge on any atom is -0.480 e. The van der Waals surface area contributed by atoms with E-state index in [1.54, 1.807) is 6.26 Å². The van der Waals surface area contributed by atoms with Gasteiger partial charge in [-0.25, -0.2) is 0 Å². The summed E-state index contributed by atoms with van der Waals surface area (Å²) in [5.41, 5.74) is -2.82. The Balaban J connectivity index is 1.42. The third-order valence-electron chi connectivity index (χ3n) is 11.0. The maximum absolute atomic E-state index is 14.2. The van der Waals surface area contributed by atoms with Crippen LogP contribution in [0, 0.1) is 11.3 Å². The maximum atomic E-state index is 14.2. The van der Waals surface area contributed by atoms with Crippen molar-refractivity contribution in [1.29, 1.82) is 0 Å². The zero-order chi connectivity index (χ0) is 25.7. The summed E-state index contributed by atoms with van der Waals surface area (Å²) in [6.07, 6.45) is 5.16. The highest BCUT2D eigenvalue weighted by Crippen LogP contribution is 2.73. The van der Waals surface area contributed by atoms with Crippen LogP contribution in [0.3, 0.4) is 0 Å². The third kappa shape index (κ3) is 2.15. The summed E-state index contributed by atoms with van der Waals surface area (Å²) in [5, 5.41) is 14.7. The third-order valence-corrected chi connectivity index (χ3v) is 11.0. The van der Waals surface area contributed by atoms with Gasteiger partial charge in [0, 0.05) is 20.1 Å². The number of piperidine rings is 2. The molecule has 8 heteroatoms. The molecule has 2 amide bonds. The molecule has 8 rings (SSSR count). The van der Waals surface area contributed by atoms with Crippen LogP contribution in [0.25, 0.3) is 0 Å². The molecule has 1 aromatic rings. The molecule has 8 nitrogen and oxygen atoms in total. The summed E-state index contributed by atoms with van der Waals surface area (Å²) < 4.78 is 12.2. The SMILES string of the molecule is CN1C(=O)[C@]23CC4C(C)(C)C5(C[C@@]41CN2CC[C@@]3(C)O)C(=O)Nc1c5ccc2c1OC=CC(C)(C)O2. The van der Waals surface area contributed by atoms with Gasteiger partial charge in [0.1, 0.15) is 11.1 Å². The molecular weight excluding hydrogens is 458 g/mol. The summed E-state index contributed by atoms with van der Waals surface area (Å²) in [5.74, 6) is 1.10. The molecule has 2 unspecified atom stereocenters. The normalized spacial score (nSPS) is 42.9. The number of hydrogen-bond acceptors (Lipinski definition) is 6. The van der Waals surface area contributed by atoms with Gasteiger partial charge in [0.15, 0.2) is 11.5 Å². The molecule has 2 N–H and O–H groups in total. The molecule has 5 fully saturated rings. The van der Waals surface area contributed by atoms with E-state index in [2.05, 4.69) is 24.1 Å². The van der Waals surface area contributed by atoms with Crippen LogP contribution in [0.15, 0.2) is 24.5 Å². The van der Waals surface area contributed by atoms with E-state index in [0.29, 0.717) is 49.5 Å². The lowest BCUT2D eigenvalue weighted by Gasteiger charge is -2.65. The number of nitrogens with one attached hydrogen (secondary N) is 1. The second kappa shape index (κ2) is 6.10. The molecular formula is C28H35N3O5. The van der Waals surface area contributed by atoms with Gasteiger partial charge >= 0.3 is 0 Å². The van der Waals surface area contributed by atoms with E-state index in [0.717, 1.165) is 5.56 Å². The average Bonchev–Trinajstić information content (AvgIpc) is 3.25. The van der Waals surface area contributed by atoms with E-state index in [1.807, 2.05) is 50.9 Å². The van der Waals surface area contributed by atoms with Gasteiger partial charge in [-0.05, 0) is 69.1 Å². The first kappa shape index (κ1) is 22.6. The summed E-state index contributed by atoms with van der Waals surface area (Å²) >= 11 is 0. The smallest absolute Gasteiger partial charge is 0.246 e. The van der Waals surface area contributed by atoms with E-state index in [9.17, 15) is 14.7 Å². The van der Waals surface area contributed by atoms with E-state index >= 15 is 0 Å². The topological polar surface area (TPSA) is 91.3 Å². The minimum atomic E-state index is -1.10. The summed E-state index contributed by atoms with van der Waals surface area (Å²) in [7, 11) is 1.88. The van der Waals surface area contributed by atoms with Gasteiger partial charge in [-0.1, -0.05) is 19.9 Å². The van der Waals surface area contributed by atoms with E-state index in [4.69, 9.17) is 9.47 Å². The number of aliphatic hydroxyl groups is 1. The van der Waals surface area contributed by atoms with Gasteiger partial charge in [-0.3, -0.25) is 14.5 Å². The standard InChI is InChI=1S/C28H35N3O5/c1-23(2)10-12-35-20-17(36-23)8-7-16-19(20)29-21(32)27(16)14-26-15-31-11-9-25(5,34)28(31,22(33)30(26)6)13-18(26)24(27,3)4/h7-8,10,12,18,34H,9,11,13-15H2,1-6H3,(H,29,32)/t18?,25-,26-,27?,28+/m1/s1. The summed E-state index contributed by atoms with van der Waals surface area (Å²) in [4.78, 5) is 32.2. The van der Waals surface area contributed by atoms with Gasteiger partial charge in [0.05, 0.1) is 28.5 Å². The van der Waals surface area contributed by atoms with Crippen LogP contribution in [0.4, 0.5) is 5.69 Å². The summed E-state index contributed by atoms with van der Waals surface area (Å²) in [6, 6.07) is 3.92. The molecule has 0 radical (unpaired) electrons. The second-order valence-electron chi connectivity index (χ2n) is 13.2. The van der Waals surface area contributed by atoms with Crippen molar-refractivity contribution in [2.75, 3.05) is 25.5 Å². The number of ether oxygens (including phenoxy) is 2. The van der Waals surface area contributed by atoms with Gasteiger partial charge in [-0.15, -0.1) is 0 Å². The number of amides is 2. The fraction of sp³-hybridized carbons (Fsp3) is 0.643. The molecule has 2 bridgehead atoms. The van der Waals surface area contributed by atoms with Crippen LogP contribution in [0.5, 0.6) is 11.5 Å². The van der Waals surface area contributed by atoms with Crippen molar-refractivity contribution in [3.8, 4) is 11.5 Å². The molecule has 1 aromatic carbocycles. The molecule has 1 aliphatic carbocycles. The van der Waals surface area contributed by atoms with Gasteiger partial charge in [0.25, 0.3) is 0 Å². The van der Waals surface area contributed by atoms with Crippen molar-refractivity contribution < 1.29 is 24.2 Å². The highest BCUT2D eigenvalue weighted by molar-refractivity contribution is 6.09. The number of fused-ring (bicyclic) bond motifs is 5. The maximum Gasteiger partial charge on any atom is 0.246 e. The monoisotopic (exact) mass is 493 g/mol. The quantitative estimate of drug-likeness (QED) is 0.578. The Bertz CT molecular complexity index is 1280. The Hall–Kier alpha value is -2.58. The number of carbonyl (C=O) groups excluding carboxylic acids is 2. The predicted molar refractivity (Wildman–Crippen MR) is 133 cm³/mol. The molecule has 1 saturated carbocycles. The number of likely N-dealkylation sites (N-methyl/N-ethyl adjacent to an activating group) is 1. The zero-order valence-electron chi connectivity index (χ0n) is 21.9. The van der Waals surface area contributed by atoms with Crippen molar-refractivity contribution in [1.82, 2.24) is 9.80 Å². The second-order valence-corrected chi connectivity index (χ2v) is 13.2. The van der Waals surface area contributed by atoms with Crippen LogP contribution in [-0.2, 0) is 15.0 Å². The number of carbonyl (C=O) groups is 2. The predicted octanol–water partition coefficient (Wildman–Crippen LogP) is 2.80. The summed E-state index contributed by atoms with van der Waals surface area (Å²) in [6.45, 7) is 11.5. The van der Waals surface area contributed by atoms with Gasteiger partial charge in [0.2, 0.25) is 11.8 Å². The zero-order valence-corrected chi connectivity index (χ0v) is 21.9. The number of hydrogen-bond donors (Lipinski definition) is 2. The highest BCUT2D eigenvalue weighted by atomic mass is 16.5. The van der Waals surface area contributed by atoms with E-state index in [1.165, 1.54) is 0 Å². The number of rotatable bonds is 0. The first-order valence-corrected chi connectivity index (χ1v) is 13.0. The molecule has 6 heterocycles. The van der Waals surface area contributed by atoms with Crippen LogP contribution >= 0.6 is 0 Å². The van der Waals surface area contributed by atoms with Crippen LogP contribution in [0.1, 0.15) is 59.4 Å². The molecule has 192 valence electrons. The van der Waals surface area contributed by atoms with Crippen molar-refractivity contribution in [3.05, 3.63) is 30.0 Å². The molecule has 0 aromatic heterocycles. The fourth-order valence-electron chi connectivity index (χ4n) is 9.04. The number of piperazine rings is 1. The van der Waals surface area contributed by atoms with E-state index in [-0.39, 0.29) is 17.7 Å². The first-order chi connectivity index (χ1) is 16.7. The van der Waals surface area contributed by atoms with Crippen molar-refractivity contribution >= 4 is 17.5 Å². The molecule has 7 aliphatic rings. The number of nitrogens with zero attached hydrogens (tertiary/aromatic N) is 2.